The third-order valence-electron chi connectivity index (χ3n) is 2.61. The molecule has 5 nitrogen and oxygen atoms in total. The molecule has 0 spiro atoms. The van der Waals surface area contributed by atoms with Crippen LogP contribution in [0.15, 0.2) is 0 Å². The minimum absolute atomic E-state index is 0.254. The number of carbonyl (C=O) groups is 2. The molecule has 0 N–H and O–H groups in total. The van der Waals surface area contributed by atoms with E-state index in [-0.39, 0.29) is 6.61 Å². The summed E-state index contributed by atoms with van der Waals surface area (Å²) in [6.07, 6.45) is 8.06. The van der Waals surface area contributed by atoms with E-state index < -0.39 is 11.9 Å². The highest BCUT2D eigenvalue weighted by atomic mass is 17.2. The molecule has 0 heterocycles. The van der Waals surface area contributed by atoms with Crippen LogP contribution in [0.1, 0.15) is 65.2 Å². The standard InChI is InChI=1S/C14H26O5/c1-3-5-7-9-11-17-13(15)14(16)19-18-12-10-8-6-4-2/h3-12H2,1-2H3. The minimum Gasteiger partial charge on any atom is -0.457 e. The van der Waals surface area contributed by atoms with Crippen molar-refractivity contribution in [3.63, 3.8) is 0 Å². The Morgan fingerprint density at radius 3 is 1.89 bits per heavy atom. The lowest BCUT2D eigenvalue weighted by Gasteiger charge is -2.04. The molecule has 0 saturated carbocycles. The van der Waals surface area contributed by atoms with Crippen molar-refractivity contribution in [1.82, 2.24) is 0 Å². The quantitative estimate of drug-likeness (QED) is 0.190. The molecule has 19 heavy (non-hydrogen) atoms. The Hall–Kier alpha value is -1.10. The smallest absolute Gasteiger partial charge is 0.449 e. The zero-order valence-electron chi connectivity index (χ0n) is 12.1. The third kappa shape index (κ3) is 11.7. The molecule has 0 aromatic heterocycles. The van der Waals surface area contributed by atoms with Crippen molar-refractivity contribution in [3.8, 4) is 0 Å². The molecule has 0 aliphatic carbocycles. The lowest BCUT2D eigenvalue weighted by Crippen LogP contribution is -2.21. The fourth-order valence-electron chi connectivity index (χ4n) is 1.47. The van der Waals surface area contributed by atoms with Crippen molar-refractivity contribution >= 4 is 11.9 Å². The predicted octanol–water partition coefficient (Wildman–Crippen LogP) is 3.17. The van der Waals surface area contributed by atoms with E-state index in [2.05, 4.69) is 23.6 Å². The highest BCUT2D eigenvalue weighted by Gasteiger charge is 2.18. The molecule has 0 aromatic rings. The van der Waals surface area contributed by atoms with E-state index in [4.69, 9.17) is 4.74 Å². The molecule has 0 atom stereocenters. The van der Waals surface area contributed by atoms with Crippen LogP contribution in [0.25, 0.3) is 0 Å². The van der Waals surface area contributed by atoms with Crippen molar-refractivity contribution in [2.24, 2.45) is 0 Å². The van der Waals surface area contributed by atoms with E-state index >= 15 is 0 Å². The van der Waals surface area contributed by atoms with Crippen LogP contribution in [-0.2, 0) is 24.1 Å². The third-order valence-corrected chi connectivity index (χ3v) is 2.61. The Morgan fingerprint density at radius 1 is 0.737 bits per heavy atom. The maximum absolute atomic E-state index is 11.2. The summed E-state index contributed by atoms with van der Waals surface area (Å²) in [4.78, 5) is 31.3. The van der Waals surface area contributed by atoms with Gasteiger partial charge in [0.2, 0.25) is 0 Å². The summed E-state index contributed by atoms with van der Waals surface area (Å²) in [5, 5.41) is 0. The molecule has 0 aromatic carbocycles. The summed E-state index contributed by atoms with van der Waals surface area (Å²) in [7, 11) is 0. The van der Waals surface area contributed by atoms with Gasteiger partial charge in [0.1, 0.15) is 0 Å². The number of carbonyl (C=O) groups excluding carboxylic acids is 2. The Balaban J connectivity index is 3.41. The van der Waals surface area contributed by atoms with Gasteiger partial charge in [-0.05, 0) is 12.8 Å². The van der Waals surface area contributed by atoms with Crippen LogP contribution in [0.2, 0.25) is 0 Å². The molecule has 0 radical (unpaired) electrons. The van der Waals surface area contributed by atoms with Crippen molar-refractivity contribution in [3.05, 3.63) is 0 Å². The molecular formula is C14H26O5. The van der Waals surface area contributed by atoms with Gasteiger partial charge in [-0.1, -0.05) is 52.4 Å². The summed E-state index contributed by atoms with van der Waals surface area (Å²) >= 11 is 0. The molecule has 0 fully saturated rings. The zero-order valence-corrected chi connectivity index (χ0v) is 12.1. The summed E-state index contributed by atoms with van der Waals surface area (Å²) in [5.41, 5.74) is 0. The average molecular weight is 274 g/mol. The second-order valence-corrected chi connectivity index (χ2v) is 4.45. The second kappa shape index (κ2) is 13.3. The van der Waals surface area contributed by atoms with Crippen molar-refractivity contribution in [2.75, 3.05) is 13.2 Å². The topological polar surface area (TPSA) is 61.8 Å². The van der Waals surface area contributed by atoms with Crippen LogP contribution in [0.3, 0.4) is 0 Å². The molecule has 5 heteroatoms. The Morgan fingerprint density at radius 2 is 1.32 bits per heavy atom. The summed E-state index contributed by atoms with van der Waals surface area (Å²) in [6.45, 7) is 4.78. The monoisotopic (exact) mass is 274 g/mol. The van der Waals surface area contributed by atoms with Crippen LogP contribution in [0.4, 0.5) is 0 Å². The normalized spacial score (nSPS) is 10.2. The molecular weight excluding hydrogens is 248 g/mol. The van der Waals surface area contributed by atoms with Gasteiger partial charge >= 0.3 is 11.9 Å². The Labute approximate surface area is 115 Å². The van der Waals surface area contributed by atoms with Gasteiger partial charge in [-0.3, -0.25) is 4.89 Å². The van der Waals surface area contributed by atoms with E-state index in [0.717, 1.165) is 51.4 Å². The highest BCUT2D eigenvalue weighted by Crippen LogP contribution is 2.01. The van der Waals surface area contributed by atoms with Crippen LogP contribution >= 0.6 is 0 Å². The number of unbranched alkanes of at least 4 members (excludes halogenated alkanes) is 6. The van der Waals surface area contributed by atoms with Gasteiger partial charge in [0, 0.05) is 0 Å². The van der Waals surface area contributed by atoms with Crippen molar-refractivity contribution in [2.45, 2.75) is 65.2 Å². The van der Waals surface area contributed by atoms with Crippen LogP contribution < -0.4 is 0 Å². The van der Waals surface area contributed by atoms with E-state index in [9.17, 15) is 9.59 Å². The first kappa shape index (κ1) is 17.9. The van der Waals surface area contributed by atoms with Gasteiger partial charge in [0.15, 0.2) is 0 Å². The van der Waals surface area contributed by atoms with Crippen molar-refractivity contribution in [1.29, 1.82) is 0 Å². The van der Waals surface area contributed by atoms with Crippen LogP contribution in [-0.4, -0.2) is 25.2 Å². The van der Waals surface area contributed by atoms with Gasteiger partial charge in [0.05, 0.1) is 13.2 Å². The fourth-order valence-corrected chi connectivity index (χ4v) is 1.47. The molecule has 0 unspecified atom stereocenters. The summed E-state index contributed by atoms with van der Waals surface area (Å²) < 4.78 is 4.75. The van der Waals surface area contributed by atoms with E-state index in [0.29, 0.717) is 6.61 Å². The number of rotatable bonds is 11. The van der Waals surface area contributed by atoms with Crippen molar-refractivity contribution < 1.29 is 24.1 Å². The number of hydrogen-bond donors (Lipinski definition) is 0. The Bertz CT molecular complexity index is 240. The van der Waals surface area contributed by atoms with Crippen LogP contribution in [0.5, 0.6) is 0 Å². The lowest BCUT2D eigenvalue weighted by molar-refractivity contribution is -0.272. The SMILES string of the molecule is CCCCCCOOC(=O)C(=O)OCCCCCC. The summed E-state index contributed by atoms with van der Waals surface area (Å²) in [6, 6.07) is 0. The maximum atomic E-state index is 11.2. The van der Waals surface area contributed by atoms with E-state index in [1.807, 2.05) is 0 Å². The second-order valence-electron chi connectivity index (χ2n) is 4.45. The molecule has 0 amide bonds. The number of ether oxygens (including phenoxy) is 1. The molecule has 0 saturated heterocycles. The predicted molar refractivity (Wildman–Crippen MR) is 71.3 cm³/mol. The first-order valence-corrected chi connectivity index (χ1v) is 7.22. The molecule has 0 aliphatic heterocycles. The van der Waals surface area contributed by atoms with Gasteiger partial charge in [-0.15, -0.1) is 0 Å². The Kier molecular flexibility index (Phi) is 12.6. The van der Waals surface area contributed by atoms with E-state index in [1.54, 1.807) is 0 Å². The largest absolute Gasteiger partial charge is 0.457 e. The van der Waals surface area contributed by atoms with Gasteiger partial charge in [-0.2, -0.15) is 4.89 Å². The van der Waals surface area contributed by atoms with Gasteiger partial charge in [0.25, 0.3) is 0 Å². The van der Waals surface area contributed by atoms with Gasteiger partial charge < -0.3 is 4.74 Å². The summed E-state index contributed by atoms with van der Waals surface area (Å²) in [5.74, 6) is -2.06. The molecule has 0 rings (SSSR count). The maximum Gasteiger partial charge on any atom is 0.449 e. The van der Waals surface area contributed by atoms with Gasteiger partial charge in [-0.25, -0.2) is 9.59 Å². The molecule has 0 bridgehead atoms. The van der Waals surface area contributed by atoms with E-state index in [1.165, 1.54) is 0 Å². The lowest BCUT2D eigenvalue weighted by atomic mass is 10.2. The minimum atomic E-state index is -1.08. The zero-order chi connectivity index (χ0) is 14.3. The average Bonchev–Trinajstić information content (AvgIpc) is 2.42. The van der Waals surface area contributed by atoms with Crippen LogP contribution in [0, 0.1) is 0 Å². The molecule has 112 valence electrons. The number of hydrogen-bond acceptors (Lipinski definition) is 5. The fraction of sp³-hybridized carbons (Fsp3) is 0.857. The first-order valence-electron chi connectivity index (χ1n) is 7.22. The highest BCUT2D eigenvalue weighted by molar-refractivity contribution is 6.29. The first-order chi connectivity index (χ1) is 9.22. The molecule has 0 aliphatic rings. The number of esters is 1.